The lowest BCUT2D eigenvalue weighted by molar-refractivity contribution is -0.385. The molecule has 0 heterocycles. The lowest BCUT2D eigenvalue weighted by atomic mass is 10.1. The minimum Gasteiger partial charge on any atom is -0.496 e. The normalized spacial score (nSPS) is 11.5. The van der Waals surface area contributed by atoms with Gasteiger partial charge in [0.15, 0.2) is 0 Å². The van der Waals surface area contributed by atoms with Gasteiger partial charge in [0.2, 0.25) is 0 Å². The molecule has 0 aliphatic carbocycles. The van der Waals surface area contributed by atoms with Crippen LogP contribution in [0.25, 0.3) is 0 Å². The molecule has 2 aromatic carbocycles. The van der Waals surface area contributed by atoms with Crippen LogP contribution in [0.4, 0.5) is 5.69 Å². The van der Waals surface area contributed by atoms with Crippen molar-refractivity contribution in [3.05, 3.63) is 63.7 Å². The maximum atomic E-state index is 12.5. The highest BCUT2D eigenvalue weighted by atomic mass is 16.6. The van der Waals surface area contributed by atoms with Gasteiger partial charge >= 0.3 is 5.97 Å². The number of hydrogen-bond acceptors (Lipinski definition) is 6. The smallest absolute Gasteiger partial charge is 0.346 e. The molecule has 2 aromatic rings. The Hall–Kier alpha value is -3.09. The molecule has 0 aliphatic rings. The summed E-state index contributed by atoms with van der Waals surface area (Å²) in [6, 6.07) is 10.9. The molecule has 1 unspecified atom stereocenters. The van der Waals surface area contributed by atoms with Crippen LogP contribution in [-0.2, 0) is 4.74 Å². The Labute approximate surface area is 138 Å². The summed E-state index contributed by atoms with van der Waals surface area (Å²) in [5.41, 5.74) is 0.622. The molecule has 0 fully saturated rings. The van der Waals surface area contributed by atoms with Crippen LogP contribution in [0, 0.1) is 10.1 Å². The van der Waals surface area contributed by atoms with Crippen molar-refractivity contribution in [2.45, 2.75) is 13.0 Å². The van der Waals surface area contributed by atoms with Crippen molar-refractivity contribution in [2.24, 2.45) is 0 Å². The van der Waals surface area contributed by atoms with Crippen molar-refractivity contribution in [3.63, 3.8) is 0 Å². The standard InChI is InChI=1S/C17H17NO6/c1-11(12-6-4-7-13(10-12)18(20)21)24-17(19)16-14(22-2)8-5-9-15(16)23-3/h4-11H,1-3H3. The Morgan fingerprint density at radius 1 is 1.08 bits per heavy atom. The van der Waals surface area contributed by atoms with E-state index < -0.39 is 17.0 Å². The summed E-state index contributed by atoms with van der Waals surface area (Å²) in [6.07, 6.45) is -0.674. The van der Waals surface area contributed by atoms with E-state index in [-0.39, 0.29) is 11.3 Å². The second-order valence-corrected chi connectivity index (χ2v) is 4.94. The summed E-state index contributed by atoms with van der Waals surface area (Å²) in [5.74, 6) is 0.0134. The Bertz CT molecular complexity index is 736. The van der Waals surface area contributed by atoms with Crippen LogP contribution < -0.4 is 9.47 Å². The highest BCUT2D eigenvalue weighted by Crippen LogP contribution is 2.31. The molecule has 0 N–H and O–H groups in total. The SMILES string of the molecule is COc1cccc(OC)c1C(=O)OC(C)c1cccc([N+](=O)[O-])c1. The number of esters is 1. The minimum absolute atomic E-state index is 0.0646. The van der Waals surface area contributed by atoms with Crippen molar-refractivity contribution >= 4 is 11.7 Å². The molecule has 2 rings (SSSR count). The molecule has 24 heavy (non-hydrogen) atoms. The van der Waals surface area contributed by atoms with Gasteiger partial charge in [0.25, 0.3) is 5.69 Å². The third-order valence-corrected chi connectivity index (χ3v) is 3.47. The number of nitro benzene ring substituents is 1. The van der Waals surface area contributed by atoms with E-state index in [0.717, 1.165) is 0 Å². The van der Waals surface area contributed by atoms with Gasteiger partial charge in [-0.1, -0.05) is 18.2 Å². The number of rotatable bonds is 6. The van der Waals surface area contributed by atoms with Gasteiger partial charge in [-0.3, -0.25) is 10.1 Å². The van der Waals surface area contributed by atoms with Gasteiger partial charge in [-0.15, -0.1) is 0 Å². The summed E-state index contributed by atoms with van der Waals surface area (Å²) < 4.78 is 15.8. The van der Waals surface area contributed by atoms with Crippen LogP contribution in [0.3, 0.4) is 0 Å². The number of methoxy groups -OCH3 is 2. The highest BCUT2D eigenvalue weighted by Gasteiger charge is 2.23. The molecular formula is C17H17NO6. The zero-order valence-corrected chi connectivity index (χ0v) is 13.5. The number of benzene rings is 2. The van der Waals surface area contributed by atoms with Gasteiger partial charge < -0.3 is 14.2 Å². The van der Waals surface area contributed by atoms with Gasteiger partial charge in [-0.2, -0.15) is 0 Å². The number of nitrogens with zero attached hydrogens (tertiary/aromatic N) is 1. The monoisotopic (exact) mass is 331 g/mol. The van der Waals surface area contributed by atoms with Crippen LogP contribution in [0.15, 0.2) is 42.5 Å². The fraction of sp³-hybridized carbons (Fsp3) is 0.235. The summed E-state index contributed by atoms with van der Waals surface area (Å²) in [5, 5.41) is 10.9. The molecule has 0 saturated heterocycles. The number of carbonyl (C=O) groups excluding carboxylic acids is 1. The fourth-order valence-electron chi connectivity index (χ4n) is 2.23. The third kappa shape index (κ3) is 3.62. The first-order chi connectivity index (χ1) is 11.5. The van der Waals surface area contributed by atoms with Crippen molar-refractivity contribution in [3.8, 4) is 11.5 Å². The van der Waals surface area contributed by atoms with Crippen molar-refractivity contribution in [1.29, 1.82) is 0 Å². The van der Waals surface area contributed by atoms with E-state index in [4.69, 9.17) is 14.2 Å². The number of non-ortho nitro benzene ring substituents is 1. The molecule has 0 amide bonds. The maximum absolute atomic E-state index is 12.5. The fourth-order valence-corrected chi connectivity index (χ4v) is 2.23. The van der Waals surface area contributed by atoms with E-state index >= 15 is 0 Å². The number of nitro groups is 1. The van der Waals surface area contributed by atoms with Gasteiger partial charge in [-0.05, 0) is 24.6 Å². The van der Waals surface area contributed by atoms with E-state index in [9.17, 15) is 14.9 Å². The van der Waals surface area contributed by atoms with Crippen LogP contribution >= 0.6 is 0 Å². The summed E-state index contributed by atoms with van der Waals surface area (Å²) in [4.78, 5) is 22.8. The van der Waals surface area contributed by atoms with E-state index in [1.165, 1.54) is 26.4 Å². The molecular weight excluding hydrogens is 314 g/mol. The molecule has 1 atom stereocenters. The van der Waals surface area contributed by atoms with E-state index in [2.05, 4.69) is 0 Å². The second kappa shape index (κ2) is 7.45. The lowest BCUT2D eigenvalue weighted by Gasteiger charge is -2.16. The zero-order chi connectivity index (χ0) is 17.7. The average Bonchev–Trinajstić information content (AvgIpc) is 2.60. The molecule has 7 heteroatoms. The zero-order valence-electron chi connectivity index (χ0n) is 13.5. The topological polar surface area (TPSA) is 87.9 Å². The second-order valence-electron chi connectivity index (χ2n) is 4.94. The lowest BCUT2D eigenvalue weighted by Crippen LogP contribution is -2.12. The Balaban J connectivity index is 2.27. The van der Waals surface area contributed by atoms with Gasteiger partial charge in [0.1, 0.15) is 23.2 Å². The van der Waals surface area contributed by atoms with Crippen molar-refractivity contribution < 1.29 is 23.9 Å². The third-order valence-electron chi connectivity index (χ3n) is 3.47. The van der Waals surface area contributed by atoms with Crippen LogP contribution in [-0.4, -0.2) is 25.1 Å². The Morgan fingerprint density at radius 3 is 2.21 bits per heavy atom. The molecule has 0 aliphatic heterocycles. The molecule has 0 spiro atoms. The average molecular weight is 331 g/mol. The molecule has 0 saturated carbocycles. The molecule has 0 radical (unpaired) electrons. The summed E-state index contributed by atoms with van der Waals surface area (Å²) in [6.45, 7) is 1.64. The minimum atomic E-state index is -0.674. The Kier molecular flexibility index (Phi) is 5.36. The van der Waals surface area contributed by atoms with E-state index in [1.807, 2.05) is 0 Å². The number of hydrogen-bond donors (Lipinski definition) is 0. The predicted molar refractivity (Wildman–Crippen MR) is 86.5 cm³/mol. The van der Waals surface area contributed by atoms with Gasteiger partial charge in [0, 0.05) is 12.1 Å². The van der Waals surface area contributed by atoms with Crippen molar-refractivity contribution in [1.82, 2.24) is 0 Å². The molecule has 126 valence electrons. The first-order valence-corrected chi connectivity index (χ1v) is 7.14. The van der Waals surface area contributed by atoms with Gasteiger partial charge in [-0.25, -0.2) is 4.79 Å². The highest BCUT2D eigenvalue weighted by molar-refractivity contribution is 5.95. The van der Waals surface area contributed by atoms with E-state index in [0.29, 0.717) is 17.1 Å². The van der Waals surface area contributed by atoms with Gasteiger partial charge in [0.05, 0.1) is 19.1 Å². The Morgan fingerprint density at radius 2 is 1.67 bits per heavy atom. The summed E-state index contributed by atoms with van der Waals surface area (Å²) >= 11 is 0. The molecule has 0 aromatic heterocycles. The van der Waals surface area contributed by atoms with Crippen LogP contribution in [0.2, 0.25) is 0 Å². The number of carbonyl (C=O) groups is 1. The molecule has 0 bridgehead atoms. The quantitative estimate of drug-likeness (QED) is 0.457. The van der Waals surface area contributed by atoms with Crippen LogP contribution in [0.1, 0.15) is 28.9 Å². The first kappa shape index (κ1) is 17.3. The summed E-state index contributed by atoms with van der Waals surface area (Å²) in [7, 11) is 2.88. The van der Waals surface area contributed by atoms with Crippen LogP contribution in [0.5, 0.6) is 11.5 Å². The molecule has 7 nitrogen and oxygen atoms in total. The van der Waals surface area contributed by atoms with E-state index in [1.54, 1.807) is 37.3 Å². The largest absolute Gasteiger partial charge is 0.496 e. The maximum Gasteiger partial charge on any atom is 0.346 e. The number of ether oxygens (including phenoxy) is 3. The first-order valence-electron chi connectivity index (χ1n) is 7.14. The predicted octanol–water partition coefficient (Wildman–Crippen LogP) is 3.53. The van der Waals surface area contributed by atoms with Crippen molar-refractivity contribution in [2.75, 3.05) is 14.2 Å².